The van der Waals surface area contributed by atoms with Crippen LogP contribution in [0.3, 0.4) is 0 Å². The summed E-state index contributed by atoms with van der Waals surface area (Å²) in [5.74, 6) is -0.497. The van der Waals surface area contributed by atoms with E-state index in [0.29, 0.717) is 24.7 Å². The molecule has 35 heavy (non-hydrogen) atoms. The van der Waals surface area contributed by atoms with Crippen molar-refractivity contribution in [1.82, 2.24) is 14.2 Å². The second kappa shape index (κ2) is 11.4. The Balaban J connectivity index is 1.91. The standard InChI is InChI=1S/C24H30N4O6S/c1-17-8-12-28(13-9-17)23(29)20(10-14-27-11-4-5-19(27)16-25)26-35(31,32)22-15-18(24(30)34-3)6-7-21(22)33-2/h4-7,11,15,17,20,26H,8-10,12-14H2,1-3H3. The number of carbonyl (C=O) groups is 2. The average Bonchev–Trinajstić information content (AvgIpc) is 3.33. The molecule has 1 aliphatic heterocycles. The molecule has 1 aromatic carbocycles. The van der Waals surface area contributed by atoms with Crippen LogP contribution in [-0.2, 0) is 26.1 Å². The molecule has 0 aliphatic carbocycles. The third kappa shape index (κ3) is 6.21. The summed E-state index contributed by atoms with van der Waals surface area (Å²) in [5.41, 5.74) is 0.450. The predicted molar refractivity (Wildman–Crippen MR) is 127 cm³/mol. The summed E-state index contributed by atoms with van der Waals surface area (Å²) < 4.78 is 41.0. The quantitative estimate of drug-likeness (QED) is 0.520. The Labute approximate surface area is 205 Å². The number of amides is 1. The number of aryl methyl sites for hydroxylation is 1. The number of hydrogen-bond donors (Lipinski definition) is 1. The Bertz CT molecular complexity index is 1210. The van der Waals surface area contributed by atoms with Crippen molar-refractivity contribution < 1.29 is 27.5 Å². The second-order valence-electron chi connectivity index (χ2n) is 8.53. The van der Waals surface area contributed by atoms with Gasteiger partial charge in [0.2, 0.25) is 15.9 Å². The molecule has 1 amide bonds. The first-order valence-corrected chi connectivity index (χ1v) is 12.8. The van der Waals surface area contributed by atoms with E-state index in [-0.39, 0.29) is 35.1 Å². The van der Waals surface area contributed by atoms with Crippen molar-refractivity contribution in [2.45, 2.75) is 43.7 Å². The van der Waals surface area contributed by atoms with Gasteiger partial charge in [-0.3, -0.25) is 4.79 Å². The van der Waals surface area contributed by atoms with Crippen molar-refractivity contribution >= 4 is 21.9 Å². The predicted octanol–water partition coefficient (Wildman–Crippen LogP) is 2.15. The van der Waals surface area contributed by atoms with E-state index < -0.39 is 22.0 Å². The number of piperidine rings is 1. The minimum Gasteiger partial charge on any atom is -0.495 e. The van der Waals surface area contributed by atoms with Gasteiger partial charge in [-0.2, -0.15) is 9.98 Å². The number of carbonyl (C=O) groups excluding carboxylic acids is 2. The number of benzene rings is 1. The summed E-state index contributed by atoms with van der Waals surface area (Å²) in [6.45, 7) is 3.48. The number of esters is 1. The summed E-state index contributed by atoms with van der Waals surface area (Å²) in [6, 6.07) is 8.29. The number of nitriles is 1. The van der Waals surface area contributed by atoms with Crippen LogP contribution in [0.1, 0.15) is 42.2 Å². The van der Waals surface area contributed by atoms with Gasteiger partial charge in [0.05, 0.1) is 19.8 Å². The normalized spacial score (nSPS) is 15.3. The number of rotatable bonds is 9. The summed E-state index contributed by atoms with van der Waals surface area (Å²) in [6.07, 6.45) is 3.53. The van der Waals surface area contributed by atoms with E-state index in [1.54, 1.807) is 27.8 Å². The molecule has 1 unspecified atom stereocenters. The van der Waals surface area contributed by atoms with Gasteiger partial charge in [0.25, 0.3) is 0 Å². The molecule has 1 atom stereocenters. The van der Waals surface area contributed by atoms with Gasteiger partial charge < -0.3 is 18.9 Å². The molecule has 2 aromatic rings. The highest BCUT2D eigenvalue weighted by molar-refractivity contribution is 7.89. The number of aromatic nitrogens is 1. The van der Waals surface area contributed by atoms with E-state index >= 15 is 0 Å². The smallest absolute Gasteiger partial charge is 0.337 e. The number of sulfonamides is 1. The number of hydrogen-bond acceptors (Lipinski definition) is 7. The topological polar surface area (TPSA) is 131 Å². The van der Waals surface area contributed by atoms with Crippen LogP contribution in [0.2, 0.25) is 0 Å². The molecule has 2 heterocycles. The molecule has 1 saturated heterocycles. The summed E-state index contributed by atoms with van der Waals surface area (Å²) in [5, 5.41) is 9.29. The van der Waals surface area contributed by atoms with Crippen molar-refractivity contribution in [3.63, 3.8) is 0 Å². The van der Waals surface area contributed by atoms with E-state index in [2.05, 4.69) is 17.7 Å². The zero-order valence-corrected chi connectivity index (χ0v) is 20.9. The summed E-state index contributed by atoms with van der Waals surface area (Å²) >= 11 is 0. The Kier molecular flexibility index (Phi) is 8.53. The fourth-order valence-electron chi connectivity index (χ4n) is 4.04. The lowest BCUT2D eigenvalue weighted by Gasteiger charge is -2.33. The molecule has 0 radical (unpaired) electrons. The van der Waals surface area contributed by atoms with Crippen LogP contribution in [0.15, 0.2) is 41.4 Å². The molecule has 10 nitrogen and oxygen atoms in total. The number of likely N-dealkylation sites (tertiary alicyclic amines) is 1. The lowest BCUT2D eigenvalue weighted by Crippen LogP contribution is -2.51. The van der Waals surface area contributed by atoms with Gasteiger partial charge in [0, 0.05) is 25.8 Å². The molecule has 0 saturated carbocycles. The van der Waals surface area contributed by atoms with E-state index in [0.717, 1.165) is 18.9 Å². The molecule has 11 heteroatoms. The Hall–Kier alpha value is -3.36. The second-order valence-corrected chi connectivity index (χ2v) is 10.2. The van der Waals surface area contributed by atoms with Gasteiger partial charge in [-0.15, -0.1) is 0 Å². The van der Waals surface area contributed by atoms with Crippen LogP contribution in [0.4, 0.5) is 0 Å². The van der Waals surface area contributed by atoms with E-state index in [1.807, 2.05) is 0 Å². The first kappa shape index (κ1) is 26.2. The van der Waals surface area contributed by atoms with Crippen molar-refractivity contribution in [3.05, 3.63) is 47.8 Å². The lowest BCUT2D eigenvalue weighted by atomic mass is 9.98. The third-order valence-electron chi connectivity index (χ3n) is 6.17. The van der Waals surface area contributed by atoms with Gasteiger partial charge in [-0.05, 0) is 55.5 Å². The zero-order valence-electron chi connectivity index (χ0n) is 20.1. The van der Waals surface area contributed by atoms with Gasteiger partial charge in [0.15, 0.2) is 0 Å². The lowest BCUT2D eigenvalue weighted by molar-refractivity contribution is -0.134. The molecule has 0 spiro atoms. The van der Waals surface area contributed by atoms with Gasteiger partial charge in [0.1, 0.15) is 28.4 Å². The minimum absolute atomic E-state index is 0.0281. The van der Waals surface area contributed by atoms with Gasteiger partial charge in [-0.25, -0.2) is 13.2 Å². The van der Waals surface area contributed by atoms with E-state index in [4.69, 9.17) is 9.47 Å². The minimum atomic E-state index is -4.27. The van der Waals surface area contributed by atoms with Crippen molar-refractivity contribution in [1.29, 1.82) is 5.26 Å². The van der Waals surface area contributed by atoms with Crippen molar-refractivity contribution in [2.24, 2.45) is 5.92 Å². The summed E-state index contributed by atoms with van der Waals surface area (Å²) in [7, 11) is -1.76. The maximum Gasteiger partial charge on any atom is 0.337 e. The molecule has 1 aromatic heterocycles. The number of nitrogens with zero attached hydrogens (tertiary/aromatic N) is 3. The van der Waals surface area contributed by atoms with Crippen LogP contribution in [0, 0.1) is 17.2 Å². The van der Waals surface area contributed by atoms with Crippen LogP contribution in [0.25, 0.3) is 0 Å². The van der Waals surface area contributed by atoms with E-state index in [1.165, 1.54) is 26.4 Å². The van der Waals surface area contributed by atoms with Crippen molar-refractivity contribution in [2.75, 3.05) is 27.3 Å². The fraction of sp³-hybridized carbons (Fsp3) is 0.458. The Morgan fingerprint density at radius 1 is 1.23 bits per heavy atom. The Morgan fingerprint density at radius 3 is 2.57 bits per heavy atom. The first-order chi connectivity index (χ1) is 16.7. The molecule has 1 N–H and O–H groups in total. The van der Waals surface area contributed by atoms with Crippen LogP contribution in [-0.4, -0.2) is 63.1 Å². The molecule has 1 aliphatic rings. The molecule has 188 valence electrons. The van der Waals surface area contributed by atoms with Crippen LogP contribution >= 0.6 is 0 Å². The average molecular weight is 503 g/mol. The zero-order chi connectivity index (χ0) is 25.6. The first-order valence-electron chi connectivity index (χ1n) is 11.3. The van der Waals surface area contributed by atoms with Gasteiger partial charge >= 0.3 is 5.97 Å². The molecular formula is C24H30N4O6S. The number of nitrogens with one attached hydrogen (secondary N) is 1. The monoisotopic (exact) mass is 502 g/mol. The maximum absolute atomic E-state index is 13.4. The maximum atomic E-state index is 13.4. The molecule has 3 rings (SSSR count). The SMILES string of the molecule is COC(=O)c1ccc(OC)c(S(=O)(=O)NC(CCn2cccc2C#N)C(=O)N2CCC(C)CC2)c1. The highest BCUT2D eigenvalue weighted by Gasteiger charge is 2.32. The Morgan fingerprint density at radius 2 is 1.94 bits per heavy atom. The number of methoxy groups -OCH3 is 2. The molecule has 1 fully saturated rings. The van der Waals surface area contributed by atoms with E-state index in [9.17, 15) is 23.3 Å². The third-order valence-corrected chi connectivity index (χ3v) is 7.66. The van der Waals surface area contributed by atoms with Gasteiger partial charge in [-0.1, -0.05) is 6.92 Å². The summed E-state index contributed by atoms with van der Waals surface area (Å²) in [4.78, 5) is 26.8. The highest BCUT2D eigenvalue weighted by Crippen LogP contribution is 2.26. The fourth-order valence-corrected chi connectivity index (χ4v) is 5.46. The van der Waals surface area contributed by atoms with Crippen molar-refractivity contribution in [3.8, 4) is 11.8 Å². The van der Waals surface area contributed by atoms with Crippen LogP contribution < -0.4 is 9.46 Å². The largest absolute Gasteiger partial charge is 0.495 e. The number of ether oxygens (including phenoxy) is 2. The van der Waals surface area contributed by atoms with Crippen LogP contribution in [0.5, 0.6) is 5.75 Å². The molecule has 0 bridgehead atoms. The highest BCUT2D eigenvalue weighted by atomic mass is 32.2. The molecular weight excluding hydrogens is 472 g/mol.